The highest BCUT2D eigenvalue weighted by molar-refractivity contribution is 6.19. The van der Waals surface area contributed by atoms with Gasteiger partial charge in [-0.1, -0.05) is 23.4 Å². The Balaban J connectivity index is 1.76. The van der Waals surface area contributed by atoms with E-state index >= 15 is 0 Å². The quantitative estimate of drug-likeness (QED) is 0.471. The monoisotopic (exact) mass is 390 g/mol. The van der Waals surface area contributed by atoms with E-state index in [9.17, 15) is 13.2 Å². The van der Waals surface area contributed by atoms with Crippen LogP contribution in [-0.4, -0.2) is 18.3 Å². The molecule has 0 radical (unpaired) electrons. The molecule has 0 aromatic heterocycles. The van der Waals surface area contributed by atoms with Crippen molar-refractivity contribution in [3.05, 3.63) is 59.2 Å². The van der Waals surface area contributed by atoms with Gasteiger partial charge in [0.15, 0.2) is 11.9 Å². The zero-order valence-electron chi connectivity index (χ0n) is 14.8. The molecule has 2 aromatic carbocycles. The second-order valence-corrected chi connectivity index (χ2v) is 6.03. The number of hydrogen-bond acceptors (Lipinski definition) is 6. The number of nitrogens with two attached hydrogens (primary N) is 1. The SMILES string of the molecule is Cc1ccc(C2CC(N=C/C=N\N)=NO2)cc1Oc1cccc(C(F)(F)F)c1. The fourth-order valence-electron chi connectivity index (χ4n) is 2.57. The molecule has 0 bridgehead atoms. The lowest BCUT2D eigenvalue weighted by Crippen LogP contribution is -2.04. The largest absolute Gasteiger partial charge is 0.457 e. The molecule has 2 aromatic rings. The third kappa shape index (κ3) is 4.67. The number of aliphatic imine (C=N–C) groups is 1. The molecule has 0 spiro atoms. The van der Waals surface area contributed by atoms with Gasteiger partial charge >= 0.3 is 6.18 Å². The number of benzene rings is 2. The highest BCUT2D eigenvalue weighted by Crippen LogP contribution is 2.35. The van der Waals surface area contributed by atoms with Gasteiger partial charge in [-0.15, -0.1) is 0 Å². The number of hydrazone groups is 1. The summed E-state index contributed by atoms with van der Waals surface area (Å²) in [7, 11) is 0. The van der Waals surface area contributed by atoms with Crippen molar-refractivity contribution >= 4 is 18.3 Å². The fraction of sp³-hybridized carbons (Fsp3) is 0.211. The molecule has 0 amide bonds. The van der Waals surface area contributed by atoms with Crippen LogP contribution in [0.25, 0.3) is 0 Å². The molecule has 0 aliphatic carbocycles. The average molecular weight is 390 g/mol. The van der Waals surface area contributed by atoms with Gasteiger partial charge in [0.05, 0.1) is 18.2 Å². The Morgan fingerprint density at radius 3 is 2.79 bits per heavy atom. The lowest BCUT2D eigenvalue weighted by atomic mass is 10.0. The van der Waals surface area contributed by atoms with E-state index in [1.165, 1.54) is 24.6 Å². The number of amidine groups is 1. The molecule has 1 heterocycles. The summed E-state index contributed by atoms with van der Waals surface area (Å²) in [5.74, 6) is 6.01. The Hall–Kier alpha value is -3.36. The van der Waals surface area contributed by atoms with Crippen LogP contribution in [0, 0.1) is 6.92 Å². The van der Waals surface area contributed by atoms with Gasteiger partial charge in [0.2, 0.25) is 0 Å². The molecule has 0 fully saturated rings. The number of nitrogens with zero attached hydrogens (tertiary/aromatic N) is 3. The fourth-order valence-corrected chi connectivity index (χ4v) is 2.57. The molecule has 1 atom stereocenters. The van der Waals surface area contributed by atoms with Crippen LogP contribution in [-0.2, 0) is 11.0 Å². The molecular weight excluding hydrogens is 373 g/mol. The van der Waals surface area contributed by atoms with Gasteiger partial charge in [0, 0.05) is 6.21 Å². The van der Waals surface area contributed by atoms with Crippen molar-refractivity contribution in [3.8, 4) is 11.5 Å². The van der Waals surface area contributed by atoms with Gasteiger partial charge in [-0.25, -0.2) is 4.99 Å². The number of ether oxygens (including phenoxy) is 1. The molecule has 0 saturated heterocycles. The topological polar surface area (TPSA) is 81.6 Å². The first-order chi connectivity index (χ1) is 13.4. The Kier molecular flexibility index (Phi) is 5.62. The van der Waals surface area contributed by atoms with Gasteiger partial charge in [-0.3, -0.25) is 0 Å². The first-order valence-corrected chi connectivity index (χ1v) is 8.31. The maximum atomic E-state index is 12.9. The van der Waals surface area contributed by atoms with Crippen molar-refractivity contribution in [2.45, 2.75) is 25.6 Å². The molecule has 3 rings (SSSR count). The third-order valence-corrected chi connectivity index (χ3v) is 4.00. The predicted molar refractivity (Wildman–Crippen MR) is 99.7 cm³/mol. The minimum atomic E-state index is -4.43. The highest BCUT2D eigenvalue weighted by Gasteiger charge is 2.30. The smallest absolute Gasteiger partial charge is 0.416 e. The van der Waals surface area contributed by atoms with Crippen molar-refractivity contribution in [1.29, 1.82) is 0 Å². The van der Waals surface area contributed by atoms with Crippen molar-refractivity contribution < 1.29 is 22.7 Å². The van der Waals surface area contributed by atoms with Crippen LogP contribution in [0.1, 0.15) is 29.2 Å². The zero-order valence-corrected chi connectivity index (χ0v) is 14.8. The number of oxime groups is 1. The van der Waals surface area contributed by atoms with Crippen LogP contribution < -0.4 is 10.6 Å². The number of hydrogen-bond donors (Lipinski definition) is 1. The maximum absolute atomic E-state index is 12.9. The average Bonchev–Trinajstić information content (AvgIpc) is 3.12. The van der Waals surface area contributed by atoms with Crippen LogP contribution in [0.5, 0.6) is 11.5 Å². The van der Waals surface area contributed by atoms with Gasteiger partial charge in [0.25, 0.3) is 0 Å². The van der Waals surface area contributed by atoms with Crippen molar-refractivity contribution in [2.75, 3.05) is 0 Å². The van der Waals surface area contributed by atoms with E-state index in [2.05, 4.69) is 15.2 Å². The lowest BCUT2D eigenvalue weighted by Gasteiger charge is -2.14. The van der Waals surface area contributed by atoms with E-state index in [0.717, 1.165) is 23.3 Å². The Bertz CT molecular complexity index is 939. The minimum absolute atomic E-state index is 0.102. The Labute approximate surface area is 159 Å². The molecule has 0 saturated carbocycles. The molecule has 2 N–H and O–H groups in total. The molecule has 1 aliphatic rings. The summed E-state index contributed by atoms with van der Waals surface area (Å²) < 4.78 is 44.4. The minimum Gasteiger partial charge on any atom is -0.457 e. The second-order valence-electron chi connectivity index (χ2n) is 6.03. The lowest BCUT2D eigenvalue weighted by molar-refractivity contribution is -0.137. The van der Waals surface area contributed by atoms with Gasteiger partial charge in [-0.05, 0) is 42.3 Å². The van der Waals surface area contributed by atoms with E-state index in [0.29, 0.717) is 18.0 Å². The number of aryl methyl sites for hydroxylation is 1. The second kappa shape index (κ2) is 8.12. The summed E-state index contributed by atoms with van der Waals surface area (Å²) in [6, 6.07) is 10.1. The number of alkyl halides is 3. The summed E-state index contributed by atoms with van der Waals surface area (Å²) in [6.07, 6.45) is -1.64. The van der Waals surface area contributed by atoms with Gasteiger partial charge in [0.1, 0.15) is 11.5 Å². The zero-order chi connectivity index (χ0) is 20.1. The molecule has 9 heteroatoms. The summed E-state index contributed by atoms with van der Waals surface area (Å²) >= 11 is 0. The van der Waals surface area contributed by atoms with E-state index in [1.807, 2.05) is 12.1 Å². The molecule has 28 heavy (non-hydrogen) atoms. The summed E-state index contributed by atoms with van der Waals surface area (Å²) in [5, 5.41) is 7.19. The first kappa shape index (κ1) is 19.4. The summed E-state index contributed by atoms with van der Waals surface area (Å²) in [5.41, 5.74) is 0.779. The Morgan fingerprint density at radius 2 is 2.04 bits per heavy atom. The standard InChI is InChI=1S/C19H17F3N4O2/c1-12-5-6-13(17-11-18(26-28-17)24-7-8-25-23)9-16(12)27-15-4-2-3-14(10-15)19(20,21)22/h2-10,17H,11,23H2,1H3/b24-7?,25-8-. The first-order valence-electron chi connectivity index (χ1n) is 8.31. The van der Waals surface area contributed by atoms with Crippen molar-refractivity contribution in [3.63, 3.8) is 0 Å². The normalized spacial score (nSPS) is 17.1. The van der Waals surface area contributed by atoms with Crippen molar-refractivity contribution in [1.82, 2.24) is 0 Å². The third-order valence-electron chi connectivity index (χ3n) is 4.00. The van der Waals surface area contributed by atoms with Crippen LogP contribution in [0.15, 0.2) is 57.7 Å². The number of halogens is 3. The summed E-state index contributed by atoms with van der Waals surface area (Å²) in [6.45, 7) is 1.81. The number of rotatable bonds is 4. The van der Waals surface area contributed by atoms with Crippen LogP contribution in [0.2, 0.25) is 0 Å². The predicted octanol–water partition coefficient (Wildman–Crippen LogP) is 4.60. The van der Waals surface area contributed by atoms with E-state index in [4.69, 9.17) is 15.4 Å². The molecule has 146 valence electrons. The summed E-state index contributed by atoms with van der Waals surface area (Å²) in [4.78, 5) is 9.45. The van der Waals surface area contributed by atoms with Crippen LogP contribution >= 0.6 is 0 Å². The molecule has 1 aliphatic heterocycles. The van der Waals surface area contributed by atoms with E-state index in [-0.39, 0.29) is 11.9 Å². The van der Waals surface area contributed by atoms with E-state index in [1.54, 1.807) is 13.0 Å². The molecular formula is C19H17F3N4O2. The highest BCUT2D eigenvalue weighted by atomic mass is 19.4. The van der Waals surface area contributed by atoms with E-state index < -0.39 is 11.7 Å². The van der Waals surface area contributed by atoms with Gasteiger partial charge in [-0.2, -0.15) is 18.3 Å². The Morgan fingerprint density at radius 1 is 1.21 bits per heavy atom. The van der Waals surface area contributed by atoms with Crippen molar-refractivity contribution in [2.24, 2.45) is 21.1 Å². The van der Waals surface area contributed by atoms with Crippen LogP contribution in [0.4, 0.5) is 13.2 Å². The van der Waals surface area contributed by atoms with Gasteiger partial charge < -0.3 is 15.4 Å². The molecule has 1 unspecified atom stereocenters. The maximum Gasteiger partial charge on any atom is 0.416 e. The van der Waals surface area contributed by atoms with Crippen LogP contribution in [0.3, 0.4) is 0 Å². The molecule has 6 nitrogen and oxygen atoms in total.